The number of aromatic amines is 1. The summed E-state index contributed by atoms with van der Waals surface area (Å²) in [5, 5.41) is 30.2. The summed E-state index contributed by atoms with van der Waals surface area (Å²) in [7, 11) is 1.55. The van der Waals surface area contributed by atoms with Crippen LogP contribution in [0.25, 0.3) is 0 Å². The molecule has 7 heteroatoms. The lowest BCUT2D eigenvalue weighted by Crippen LogP contribution is -2.60. The molecule has 96 valence electrons. The molecule has 17 heavy (non-hydrogen) atoms. The number of aromatic nitrogens is 3. The highest BCUT2D eigenvalue weighted by molar-refractivity contribution is 5.16. The molecule has 0 aromatic carbocycles. The third kappa shape index (κ3) is 1.85. The molecular formula is C10H17N3O4. The first kappa shape index (κ1) is 12.4. The summed E-state index contributed by atoms with van der Waals surface area (Å²) >= 11 is 0. The van der Waals surface area contributed by atoms with Crippen LogP contribution in [0.4, 0.5) is 0 Å². The molecular weight excluding hydrogens is 226 g/mol. The van der Waals surface area contributed by atoms with Crippen LogP contribution in [0.15, 0.2) is 6.20 Å². The summed E-state index contributed by atoms with van der Waals surface area (Å²) in [6, 6.07) is 0. The number of methoxy groups -OCH3 is 1. The Balaban J connectivity index is 2.37. The van der Waals surface area contributed by atoms with Gasteiger partial charge >= 0.3 is 0 Å². The maximum atomic E-state index is 10.8. The molecule has 0 amide bonds. The van der Waals surface area contributed by atoms with Gasteiger partial charge in [-0.25, -0.2) is 0 Å². The number of ether oxygens (including phenoxy) is 2. The Bertz CT molecular complexity index is 372. The van der Waals surface area contributed by atoms with Gasteiger partial charge in [-0.3, -0.25) is 0 Å². The van der Waals surface area contributed by atoms with E-state index in [0.29, 0.717) is 18.7 Å². The Labute approximate surface area is 98.7 Å². The van der Waals surface area contributed by atoms with Crippen molar-refractivity contribution < 1.29 is 19.7 Å². The average Bonchev–Trinajstić information content (AvgIpc) is 2.87. The lowest BCUT2D eigenvalue weighted by atomic mass is 9.76. The van der Waals surface area contributed by atoms with Crippen LogP contribution in [0.5, 0.6) is 0 Å². The lowest BCUT2D eigenvalue weighted by Gasteiger charge is -2.47. The second-order valence-electron chi connectivity index (χ2n) is 4.48. The van der Waals surface area contributed by atoms with Gasteiger partial charge in [0.2, 0.25) is 0 Å². The topological polar surface area (TPSA) is 100 Å². The van der Waals surface area contributed by atoms with Crippen LogP contribution in [-0.2, 0) is 15.1 Å². The molecule has 3 N–H and O–H groups in total. The molecule has 2 heterocycles. The summed E-state index contributed by atoms with van der Waals surface area (Å²) in [5.41, 5.74) is -2.19. The van der Waals surface area contributed by atoms with Crippen molar-refractivity contribution in [3.05, 3.63) is 11.9 Å². The zero-order valence-electron chi connectivity index (χ0n) is 9.88. The fourth-order valence-corrected chi connectivity index (χ4v) is 2.10. The molecule has 1 aliphatic rings. The van der Waals surface area contributed by atoms with Gasteiger partial charge in [-0.15, -0.1) is 0 Å². The molecule has 1 aromatic heterocycles. The molecule has 0 spiro atoms. The van der Waals surface area contributed by atoms with Crippen molar-refractivity contribution in [3.63, 3.8) is 0 Å². The highest BCUT2D eigenvalue weighted by Crippen LogP contribution is 2.42. The third-order valence-electron chi connectivity index (χ3n) is 3.46. The van der Waals surface area contributed by atoms with E-state index in [9.17, 15) is 10.2 Å². The number of nitrogens with zero attached hydrogens (tertiary/aromatic N) is 2. The molecule has 7 nitrogen and oxygen atoms in total. The normalized spacial score (nSPS) is 38.2. The molecule has 3 unspecified atom stereocenters. The molecule has 0 saturated carbocycles. The summed E-state index contributed by atoms with van der Waals surface area (Å²) in [6.07, 6.45) is 1.49. The zero-order chi connectivity index (χ0) is 12.5. The van der Waals surface area contributed by atoms with E-state index in [1.807, 2.05) is 0 Å². The zero-order valence-corrected chi connectivity index (χ0v) is 9.88. The summed E-state index contributed by atoms with van der Waals surface area (Å²) < 4.78 is 10.7. The first-order valence-corrected chi connectivity index (χ1v) is 5.42. The van der Waals surface area contributed by atoms with E-state index >= 15 is 0 Å². The summed E-state index contributed by atoms with van der Waals surface area (Å²) in [4.78, 5) is 0. The Kier molecular flexibility index (Phi) is 3.17. The molecule has 2 rings (SSSR count). The fourth-order valence-electron chi connectivity index (χ4n) is 2.10. The SMILES string of the molecule is COC1COC(C)(CO)C(O)(c2cn[nH]n2)C1. The first-order chi connectivity index (χ1) is 8.05. The van der Waals surface area contributed by atoms with E-state index in [1.165, 1.54) is 6.20 Å². The van der Waals surface area contributed by atoms with Crippen molar-refractivity contribution in [3.8, 4) is 0 Å². The van der Waals surface area contributed by atoms with Crippen LogP contribution in [0.3, 0.4) is 0 Å². The molecule has 1 aromatic rings. The van der Waals surface area contributed by atoms with Crippen molar-refractivity contribution >= 4 is 0 Å². The van der Waals surface area contributed by atoms with Crippen molar-refractivity contribution in [2.75, 3.05) is 20.3 Å². The van der Waals surface area contributed by atoms with Gasteiger partial charge in [0.25, 0.3) is 0 Å². The van der Waals surface area contributed by atoms with E-state index in [2.05, 4.69) is 15.4 Å². The van der Waals surface area contributed by atoms with E-state index in [4.69, 9.17) is 9.47 Å². The first-order valence-electron chi connectivity index (χ1n) is 5.42. The van der Waals surface area contributed by atoms with Crippen LogP contribution in [0.1, 0.15) is 19.0 Å². The quantitative estimate of drug-likeness (QED) is 0.641. The summed E-state index contributed by atoms with van der Waals surface area (Å²) in [5.74, 6) is 0. The van der Waals surface area contributed by atoms with E-state index < -0.39 is 11.2 Å². The third-order valence-corrected chi connectivity index (χ3v) is 3.46. The predicted molar refractivity (Wildman–Crippen MR) is 57.1 cm³/mol. The number of aliphatic hydroxyl groups excluding tert-OH is 1. The Morgan fingerprint density at radius 2 is 2.47 bits per heavy atom. The maximum Gasteiger partial charge on any atom is 0.143 e. The number of hydrogen-bond acceptors (Lipinski definition) is 6. The van der Waals surface area contributed by atoms with Crippen LogP contribution in [-0.4, -0.2) is 57.7 Å². The number of aliphatic hydroxyl groups is 2. The molecule has 1 saturated heterocycles. The molecule has 0 aliphatic carbocycles. The van der Waals surface area contributed by atoms with Gasteiger partial charge in [0, 0.05) is 13.5 Å². The van der Waals surface area contributed by atoms with Gasteiger partial charge in [-0.05, 0) is 6.92 Å². The van der Waals surface area contributed by atoms with Crippen molar-refractivity contribution in [2.45, 2.75) is 30.7 Å². The van der Waals surface area contributed by atoms with Crippen molar-refractivity contribution in [2.24, 2.45) is 0 Å². The van der Waals surface area contributed by atoms with Crippen LogP contribution in [0.2, 0.25) is 0 Å². The molecule has 1 fully saturated rings. The lowest BCUT2D eigenvalue weighted by molar-refractivity contribution is -0.257. The highest BCUT2D eigenvalue weighted by Gasteiger charge is 2.55. The highest BCUT2D eigenvalue weighted by atomic mass is 16.6. The smallest absolute Gasteiger partial charge is 0.143 e. The Hall–Kier alpha value is -1.02. The van der Waals surface area contributed by atoms with Gasteiger partial charge in [-0.1, -0.05) is 0 Å². The monoisotopic (exact) mass is 243 g/mol. The minimum atomic E-state index is -1.42. The second-order valence-corrected chi connectivity index (χ2v) is 4.48. The van der Waals surface area contributed by atoms with Gasteiger partial charge < -0.3 is 19.7 Å². The fraction of sp³-hybridized carbons (Fsp3) is 0.800. The van der Waals surface area contributed by atoms with Gasteiger partial charge in [0.15, 0.2) is 0 Å². The van der Waals surface area contributed by atoms with Crippen LogP contribution < -0.4 is 0 Å². The minimum absolute atomic E-state index is 0.240. The molecule has 0 radical (unpaired) electrons. The largest absolute Gasteiger partial charge is 0.393 e. The van der Waals surface area contributed by atoms with E-state index in [-0.39, 0.29) is 12.7 Å². The molecule has 0 bridgehead atoms. The van der Waals surface area contributed by atoms with Crippen molar-refractivity contribution in [1.29, 1.82) is 0 Å². The van der Waals surface area contributed by atoms with Crippen molar-refractivity contribution in [1.82, 2.24) is 15.4 Å². The second kappa shape index (κ2) is 4.34. The van der Waals surface area contributed by atoms with E-state index in [0.717, 1.165) is 0 Å². The van der Waals surface area contributed by atoms with Gasteiger partial charge in [-0.2, -0.15) is 15.4 Å². The number of rotatable bonds is 3. The number of hydrogen-bond donors (Lipinski definition) is 3. The van der Waals surface area contributed by atoms with Gasteiger partial charge in [0.1, 0.15) is 16.9 Å². The van der Waals surface area contributed by atoms with Gasteiger partial charge in [0.05, 0.1) is 25.5 Å². The van der Waals surface area contributed by atoms with E-state index in [1.54, 1.807) is 14.0 Å². The average molecular weight is 243 g/mol. The molecule has 1 aliphatic heterocycles. The predicted octanol–water partition coefficient (Wildman–Crippen LogP) is -0.821. The summed E-state index contributed by atoms with van der Waals surface area (Å²) in [6.45, 7) is 1.66. The maximum absolute atomic E-state index is 10.8. The van der Waals surface area contributed by atoms with Crippen LogP contribution in [0, 0.1) is 0 Å². The number of nitrogens with one attached hydrogen (secondary N) is 1. The Morgan fingerprint density at radius 1 is 1.71 bits per heavy atom. The molecule has 3 atom stereocenters. The van der Waals surface area contributed by atoms with Crippen LogP contribution >= 0.6 is 0 Å². The Morgan fingerprint density at radius 3 is 3.00 bits per heavy atom. The standard InChI is InChI=1S/C10H17N3O4/c1-9(6-14)10(15,8-4-11-13-12-8)3-7(16-2)5-17-9/h4,7,14-15H,3,5-6H2,1-2H3,(H,11,12,13). The minimum Gasteiger partial charge on any atom is -0.393 e. The number of H-pyrrole nitrogens is 1.